The number of likely N-dealkylation sites (N-methyl/N-ethyl adjacent to an activating group) is 2. The molecule has 2 saturated heterocycles. The number of carbonyl (C=O) groups excluding carboxylic acids is 16. The fourth-order valence-corrected chi connectivity index (χ4v) is 14.4. The number of primary amides is 2. The van der Waals surface area contributed by atoms with Crippen LogP contribution in [0.5, 0.6) is 0 Å². The van der Waals surface area contributed by atoms with E-state index >= 15 is 19.2 Å². The fourth-order valence-electron chi connectivity index (χ4n) is 13.4. The van der Waals surface area contributed by atoms with Gasteiger partial charge in [-0.05, 0) is 99.6 Å². The molecule has 0 bridgehead atoms. The smallest absolute Gasteiger partial charge is 0.325 e. The summed E-state index contributed by atoms with van der Waals surface area (Å²) < 4.78 is 43.0. The molecule has 3 heterocycles. The number of nitrogens with zero attached hydrogens (tertiary/aromatic N) is 3. The molecular weight excluding hydrogens is 1650 g/mol. The molecule has 15 amide bonds. The zero-order valence-corrected chi connectivity index (χ0v) is 70.3. The average molecular weight is 1760 g/mol. The van der Waals surface area contributed by atoms with Gasteiger partial charge in [-0.1, -0.05) is 104 Å². The molecule has 120 heavy (non-hydrogen) atoms. The van der Waals surface area contributed by atoms with Crippen molar-refractivity contribution < 1.29 is 99.5 Å². The topological polar surface area (TPSA) is 643 Å². The molecule has 15 atom stereocenters. The van der Waals surface area contributed by atoms with Crippen LogP contribution < -0.4 is 81.4 Å². The number of aromatic amines is 1. The predicted molar refractivity (Wildman–Crippen MR) is 437 cm³/mol. The van der Waals surface area contributed by atoms with Gasteiger partial charge in [0, 0.05) is 74.4 Å². The Balaban J connectivity index is 1.35. The molecule has 0 spiro atoms. The number of ether oxygens (including phenoxy) is 1. The van der Waals surface area contributed by atoms with Crippen LogP contribution in [0.4, 0.5) is 0 Å². The number of halogens is 1. The maximum atomic E-state index is 15.3. The van der Waals surface area contributed by atoms with Gasteiger partial charge in [-0.15, -0.1) is 0 Å². The van der Waals surface area contributed by atoms with E-state index in [-0.39, 0.29) is 45.2 Å². The van der Waals surface area contributed by atoms with Crippen LogP contribution in [-0.2, 0) is 111 Å². The van der Waals surface area contributed by atoms with E-state index < -0.39 is 251 Å². The molecule has 23 N–H and O–H groups in total. The minimum Gasteiger partial charge on any atom is -0.459 e. The molecule has 1 aromatic heterocycles. The number of likely N-dealkylation sites (tertiary alicyclic amines) is 1. The van der Waals surface area contributed by atoms with Gasteiger partial charge < -0.3 is 111 Å². The van der Waals surface area contributed by atoms with Crippen molar-refractivity contribution in [2.75, 3.05) is 39.5 Å². The Labute approximate surface area is 701 Å². The van der Waals surface area contributed by atoms with Gasteiger partial charge in [0.15, 0.2) is 5.96 Å². The molecule has 41 nitrogen and oxygen atoms in total. The maximum absolute atomic E-state index is 15.3. The van der Waals surface area contributed by atoms with Gasteiger partial charge in [0.2, 0.25) is 88.6 Å². The highest BCUT2D eigenvalue weighted by Crippen LogP contribution is 2.24. The summed E-state index contributed by atoms with van der Waals surface area (Å²) in [6.45, 7) is 8.80. The van der Waals surface area contributed by atoms with Crippen molar-refractivity contribution in [2.45, 2.75) is 203 Å². The number of hydrogen-bond donors (Lipinski definition) is 19. The van der Waals surface area contributed by atoms with E-state index in [0.717, 1.165) is 32.4 Å². The third-order valence-corrected chi connectivity index (χ3v) is 21.2. The lowest BCUT2D eigenvalue weighted by Gasteiger charge is -2.34. The molecule has 2 aliphatic rings. The van der Waals surface area contributed by atoms with Crippen LogP contribution in [0, 0.1) is 17.2 Å². The molecule has 2 aliphatic heterocycles. The Kier molecular flexibility index (Phi) is 36.4. The lowest BCUT2D eigenvalue weighted by Crippen LogP contribution is -2.63. The molecule has 0 radical (unpaired) electrons. The van der Waals surface area contributed by atoms with E-state index in [2.05, 4.69) is 79.4 Å². The summed E-state index contributed by atoms with van der Waals surface area (Å²) in [4.78, 5) is 234. The highest BCUT2D eigenvalue weighted by Gasteiger charge is 2.45. The summed E-state index contributed by atoms with van der Waals surface area (Å²) in [5.41, 5.74) is 24.6. The number of aliphatic hydroxyl groups excluding tert-OH is 1. The Hall–Kier alpha value is -11.7. The van der Waals surface area contributed by atoms with Gasteiger partial charge in [0.25, 0.3) is 10.1 Å². The number of aliphatic hydroxyl groups is 1. The number of carbonyl (C=O) groups is 16. The van der Waals surface area contributed by atoms with Crippen molar-refractivity contribution in [1.82, 2.24) is 78.2 Å². The van der Waals surface area contributed by atoms with E-state index in [9.17, 15) is 75.6 Å². The molecule has 4 aromatic rings. The molecule has 43 heteroatoms. The molecule has 656 valence electrons. The summed E-state index contributed by atoms with van der Waals surface area (Å²) in [5, 5.41) is 46.6. The standard InChI is InChI=1S/C77H109BrN20O21S/c1-38(2)60(93-72(111)61(39(3)4)92-70(109)56-22-16-30-98(56)75(114)52(89-64(103)40(5)79)32-44-23-25-46(78)26-24-44)71(110)88-51(33-45-35-85-48-20-14-13-19-47(45)48)66(105)86-49(21-15-29-84-77(82)83)65(104)91-54(37-120(116,117)118)68(107)95-63-42(7)119-59(102)36-96(8)74(113)53(34-58(81)101)90-73(112)62(41(6)99)94-67(106)50(31-43-17-11-10-12-18-43)87-69(108)55(27-28-57(80)100)97(9)76(63)115/h10-14,17-20,23-26,35,38-42,49-56,60-63,85,99H,15-16,21-22,27-34,36-37,79H2,1-9H3,(H2,80,100)(H2,81,101)(H,86,105)(H,87,108)(H,88,110)(H,89,103)(H,90,112)(H,91,104)(H,92,109)(H,93,111)(H,94,106)(H,95,107)(H4,82,83,84)(H,116,117,118)/t40-,41-,42-,49+,50-,51-,52+,53+,54-,55+,56+,60+,61-,62+,63+/m1/s1. The number of benzene rings is 3. The van der Waals surface area contributed by atoms with E-state index in [4.69, 9.17) is 33.1 Å². The van der Waals surface area contributed by atoms with Gasteiger partial charge in [0.1, 0.15) is 90.9 Å². The lowest BCUT2D eigenvalue weighted by atomic mass is 9.98. The van der Waals surface area contributed by atoms with Crippen molar-refractivity contribution in [3.63, 3.8) is 0 Å². The summed E-state index contributed by atoms with van der Waals surface area (Å²) in [6, 6.07) is -0.220. The number of esters is 1. The molecule has 3 aromatic carbocycles. The van der Waals surface area contributed by atoms with Crippen LogP contribution in [0.1, 0.15) is 110 Å². The Morgan fingerprint density at radius 1 is 0.667 bits per heavy atom. The number of amides is 15. The third kappa shape index (κ3) is 29.1. The molecule has 0 unspecified atom stereocenters. The van der Waals surface area contributed by atoms with Crippen LogP contribution in [0.2, 0.25) is 0 Å². The second-order valence-corrected chi connectivity index (χ2v) is 32.8. The summed E-state index contributed by atoms with van der Waals surface area (Å²) in [6.07, 6.45) is -5.19. The zero-order valence-electron chi connectivity index (χ0n) is 67.9. The fraction of sp³-hybridized carbons (Fsp3) is 0.519. The largest absolute Gasteiger partial charge is 0.459 e. The van der Waals surface area contributed by atoms with Crippen molar-refractivity contribution in [3.8, 4) is 0 Å². The first-order valence-corrected chi connectivity index (χ1v) is 41.2. The van der Waals surface area contributed by atoms with Crippen LogP contribution >= 0.6 is 15.9 Å². The molecule has 0 saturated carbocycles. The lowest BCUT2D eigenvalue weighted by molar-refractivity contribution is -0.158. The van der Waals surface area contributed by atoms with E-state index in [1.807, 2.05) is 0 Å². The Morgan fingerprint density at radius 3 is 1.87 bits per heavy atom. The monoisotopic (exact) mass is 1760 g/mol. The van der Waals surface area contributed by atoms with Gasteiger partial charge >= 0.3 is 5.97 Å². The van der Waals surface area contributed by atoms with E-state index in [1.165, 1.54) is 11.8 Å². The second kappa shape index (κ2) is 44.9. The van der Waals surface area contributed by atoms with Gasteiger partial charge in [-0.2, -0.15) is 8.42 Å². The van der Waals surface area contributed by atoms with Crippen molar-refractivity contribution >= 4 is 137 Å². The predicted octanol–water partition coefficient (Wildman–Crippen LogP) is -4.64. The van der Waals surface area contributed by atoms with Gasteiger partial charge in [-0.3, -0.25) is 86.7 Å². The molecule has 2 fully saturated rings. The first kappa shape index (κ1) is 97.1. The molecule has 0 aliphatic carbocycles. The first-order valence-electron chi connectivity index (χ1n) is 38.8. The van der Waals surface area contributed by atoms with Crippen LogP contribution in [0.25, 0.3) is 10.9 Å². The van der Waals surface area contributed by atoms with Crippen molar-refractivity contribution in [3.05, 3.63) is 106 Å². The van der Waals surface area contributed by atoms with Crippen molar-refractivity contribution in [2.24, 2.45) is 34.8 Å². The van der Waals surface area contributed by atoms with E-state index in [1.54, 1.807) is 113 Å². The highest BCUT2D eigenvalue weighted by molar-refractivity contribution is 9.10. The summed E-state index contributed by atoms with van der Waals surface area (Å²) in [7, 11) is -3.46. The number of cyclic esters (lactones) is 1. The van der Waals surface area contributed by atoms with Gasteiger partial charge in [-0.25, -0.2) is 0 Å². The van der Waals surface area contributed by atoms with Crippen LogP contribution in [0.3, 0.4) is 0 Å². The number of rotatable bonds is 35. The van der Waals surface area contributed by atoms with Crippen molar-refractivity contribution in [1.29, 1.82) is 5.41 Å². The highest BCUT2D eigenvalue weighted by atomic mass is 79.9. The first-order chi connectivity index (χ1) is 56.3. The third-order valence-electron chi connectivity index (χ3n) is 19.9. The van der Waals surface area contributed by atoms with Gasteiger partial charge in [0.05, 0.1) is 18.6 Å². The number of guanidine groups is 1. The number of H-pyrrole nitrogens is 1. The quantitative estimate of drug-likeness (QED) is 0.00677. The second-order valence-electron chi connectivity index (χ2n) is 30.4. The molecular formula is C77H109BrN20O21S. The number of fused-ring (bicyclic) bond motifs is 1. The van der Waals surface area contributed by atoms with E-state index in [0.29, 0.717) is 43.8 Å². The Morgan fingerprint density at radius 2 is 1.26 bits per heavy atom. The minimum atomic E-state index is -5.44. The number of hydrogen-bond acceptors (Lipinski definition) is 22. The average Bonchev–Trinajstić information content (AvgIpc) is 1.64. The SMILES string of the molecule is CC(C)[C@H](NC(=O)[C@H](NC(=O)[C@@H]1CCCN1C(=O)[C@H](Cc1ccc(Br)cc1)NC(=O)[C@@H](C)N)C(C)C)C(=O)N[C@H](Cc1c[nH]c2ccccc12)C(=O)N[C@@H](CCCNC(=N)N)C(=O)N[C@H](CS(=O)(=O)O)C(=O)N[C@@H]1C(=O)N(C)[C@@H](CCC(N)=O)C(=O)N[C@H](Cc2ccccc2)C(=O)N[C@@H]([C@@H](C)O)C(=O)N[C@@H](CC(N)=O)C(=O)N(C)CC(=O)O[C@@H]1C. The zero-order chi connectivity index (χ0) is 89.3. The minimum absolute atomic E-state index is 0.0429. The Bertz CT molecular complexity index is 4520. The van der Waals surface area contributed by atoms with Crippen LogP contribution in [-0.4, -0.2) is 269 Å². The summed E-state index contributed by atoms with van der Waals surface area (Å²) >= 11 is 3.39. The molecule has 6 rings (SSSR count). The maximum Gasteiger partial charge on any atom is 0.325 e. The number of nitrogens with two attached hydrogens (primary N) is 4. The normalized spacial score (nSPS) is 20.6. The number of nitrogens with one attached hydrogen (secondary N) is 13. The van der Waals surface area contributed by atoms with Crippen LogP contribution in [0.15, 0.2) is 89.5 Å². The number of para-hydroxylation sites is 1. The summed E-state index contributed by atoms with van der Waals surface area (Å²) in [5.74, 6) is -21.4. The number of aromatic nitrogens is 1.